The van der Waals surface area contributed by atoms with Gasteiger partial charge in [0, 0.05) is 12.8 Å². The van der Waals surface area contributed by atoms with Gasteiger partial charge in [-0.05, 0) is 12.1 Å². The molecule has 1 amide bonds. The molecule has 1 unspecified atom stereocenters. The van der Waals surface area contributed by atoms with Crippen molar-refractivity contribution in [1.82, 2.24) is 0 Å². The van der Waals surface area contributed by atoms with Crippen LogP contribution in [0.5, 0.6) is 0 Å². The second kappa shape index (κ2) is 6.36. The first-order valence-corrected chi connectivity index (χ1v) is 9.88. The summed E-state index contributed by atoms with van der Waals surface area (Å²) in [5.74, 6) is -0.0797. The van der Waals surface area contributed by atoms with Crippen molar-refractivity contribution in [3.63, 3.8) is 0 Å². The molecule has 1 rings (SSSR count). The Kier molecular flexibility index (Phi) is 5.38. The van der Waals surface area contributed by atoms with Crippen LogP contribution in [0.25, 0.3) is 0 Å². The number of benzene rings is 1. The van der Waals surface area contributed by atoms with Gasteiger partial charge in [-0.1, -0.05) is 37.8 Å². The zero-order valence-corrected chi connectivity index (χ0v) is 13.1. The molecule has 100 valence electrons. The quantitative estimate of drug-likeness (QED) is 0.473. The van der Waals surface area contributed by atoms with Crippen molar-refractivity contribution in [3.05, 3.63) is 30.3 Å². The van der Waals surface area contributed by atoms with Crippen LogP contribution >= 0.6 is 11.6 Å². The number of para-hydroxylation sites is 1. The molecule has 0 radical (unpaired) electrons. The number of methoxy groups -OCH3 is 1. The number of nitrogens with zero attached hydrogens (tertiary/aromatic N) is 1. The number of anilines is 1. The molecule has 5 heteroatoms. The molecule has 0 spiro atoms. The van der Waals surface area contributed by atoms with Gasteiger partial charge in [0.25, 0.3) is 0 Å². The number of carbonyl (C=O) groups is 1. The average Bonchev–Trinajstić information content (AvgIpc) is 2.34. The van der Waals surface area contributed by atoms with Gasteiger partial charge in [-0.3, -0.25) is 9.69 Å². The van der Waals surface area contributed by atoms with Crippen LogP contribution in [0.2, 0.25) is 19.6 Å². The number of halogens is 1. The van der Waals surface area contributed by atoms with Gasteiger partial charge in [0.05, 0.1) is 8.07 Å². The van der Waals surface area contributed by atoms with Gasteiger partial charge in [0.2, 0.25) is 5.91 Å². The van der Waals surface area contributed by atoms with E-state index in [4.69, 9.17) is 16.3 Å². The minimum absolute atomic E-state index is 0.0797. The molecule has 1 aromatic rings. The standard InChI is InChI=1S/C13H20ClNO2Si/c1-17-10-15(11-8-6-5-7-9-11)13(16)12(14)18(2,3)4/h5-9,12H,10H2,1-4H3. The highest BCUT2D eigenvalue weighted by Crippen LogP contribution is 2.21. The predicted molar refractivity (Wildman–Crippen MR) is 78.8 cm³/mol. The van der Waals surface area contributed by atoms with Gasteiger partial charge in [-0.25, -0.2) is 0 Å². The Hall–Kier alpha value is -0.843. The first-order valence-electron chi connectivity index (χ1n) is 5.87. The van der Waals surface area contributed by atoms with Crippen LogP contribution in [-0.2, 0) is 9.53 Å². The Morgan fingerprint density at radius 1 is 1.33 bits per heavy atom. The number of hydrogen-bond acceptors (Lipinski definition) is 2. The fraction of sp³-hybridized carbons (Fsp3) is 0.462. The van der Waals surface area contributed by atoms with E-state index >= 15 is 0 Å². The van der Waals surface area contributed by atoms with E-state index in [1.165, 1.54) is 0 Å². The van der Waals surface area contributed by atoms with Gasteiger partial charge < -0.3 is 4.74 Å². The molecule has 3 nitrogen and oxygen atoms in total. The second-order valence-corrected chi connectivity index (χ2v) is 11.4. The van der Waals surface area contributed by atoms with Crippen LogP contribution < -0.4 is 4.90 Å². The van der Waals surface area contributed by atoms with Crippen molar-refractivity contribution in [2.24, 2.45) is 0 Å². The summed E-state index contributed by atoms with van der Waals surface area (Å²) in [5, 5.41) is -0.451. The largest absolute Gasteiger partial charge is 0.364 e. The Morgan fingerprint density at radius 2 is 1.89 bits per heavy atom. The fourth-order valence-corrected chi connectivity index (χ4v) is 2.52. The normalized spacial score (nSPS) is 13.2. The maximum absolute atomic E-state index is 12.4. The third-order valence-electron chi connectivity index (χ3n) is 2.57. The van der Waals surface area contributed by atoms with Crippen LogP contribution in [0.3, 0.4) is 0 Å². The maximum atomic E-state index is 12.4. The summed E-state index contributed by atoms with van der Waals surface area (Å²) in [7, 11) is -0.159. The predicted octanol–water partition coefficient (Wildman–Crippen LogP) is 3.11. The summed E-state index contributed by atoms with van der Waals surface area (Å²) in [4.78, 5) is 14.0. The molecule has 0 aliphatic heterocycles. The van der Waals surface area contributed by atoms with Gasteiger partial charge in [-0.15, -0.1) is 11.6 Å². The van der Waals surface area contributed by atoms with Gasteiger partial charge in [0.15, 0.2) is 0 Å². The molecule has 0 aliphatic carbocycles. The van der Waals surface area contributed by atoms with E-state index in [0.717, 1.165) is 5.69 Å². The molecular formula is C13H20ClNO2Si. The molecular weight excluding hydrogens is 266 g/mol. The molecule has 1 atom stereocenters. The van der Waals surface area contributed by atoms with E-state index in [9.17, 15) is 4.79 Å². The van der Waals surface area contributed by atoms with Crippen molar-refractivity contribution in [3.8, 4) is 0 Å². The van der Waals surface area contributed by atoms with Gasteiger partial charge in [0.1, 0.15) is 11.7 Å². The summed E-state index contributed by atoms with van der Waals surface area (Å²) in [6, 6.07) is 9.46. The highest BCUT2D eigenvalue weighted by atomic mass is 35.5. The molecule has 0 heterocycles. The summed E-state index contributed by atoms with van der Waals surface area (Å²) >= 11 is 6.30. The summed E-state index contributed by atoms with van der Waals surface area (Å²) in [6.07, 6.45) is 0. The molecule has 0 saturated carbocycles. The molecule has 0 aliphatic rings. The van der Waals surface area contributed by atoms with E-state index in [0.29, 0.717) is 0 Å². The third-order valence-corrected chi connectivity index (χ3v) is 6.49. The van der Waals surface area contributed by atoms with Crippen LogP contribution in [0, 0.1) is 0 Å². The first kappa shape index (κ1) is 15.2. The minimum Gasteiger partial charge on any atom is -0.364 e. The molecule has 0 aromatic heterocycles. The summed E-state index contributed by atoms with van der Waals surface area (Å²) in [6.45, 7) is 6.46. The second-order valence-electron chi connectivity index (χ2n) is 5.25. The number of alkyl halides is 1. The molecule has 0 N–H and O–H groups in total. The van der Waals surface area contributed by atoms with Crippen LogP contribution in [0.15, 0.2) is 30.3 Å². The van der Waals surface area contributed by atoms with Crippen LogP contribution in [0.4, 0.5) is 5.69 Å². The lowest BCUT2D eigenvalue weighted by Gasteiger charge is -2.29. The Morgan fingerprint density at radius 3 is 2.33 bits per heavy atom. The van der Waals surface area contributed by atoms with E-state index in [1.54, 1.807) is 12.0 Å². The molecule has 0 fully saturated rings. The van der Waals surface area contributed by atoms with E-state index in [1.807, 2.05) is 30.3 Å². The third kappa shape index (κ3) is 3.83. The highest BCUT2D eigenvalue weighted by Gasteiger charge is 2.34. The Bertz CT molecular complexity index is 392. The van der Waals surface area contributed by atoms with Gasteiger partial charge in [-0.2, -0.15) is 0 Å². The molecule has 18 heavy (non-hydrogen) atoms. The average molecular weight is 286 g/mol. The van der Waals surface area contributed by atoms with Crippen molar-refractivity contribution in [2.75, 3.05) is 18.7 Å². The fourth-order valence-electron chi connectivity index (χ4n) is 1.51. The maximum Gasteiger partial charge on any atom is 0.243 e. The van der Waals surface area contributed by atoms with E-state index in [-0.39, 0.29) is 12.6 Å². The number of hydrogen-bond donors (Lipinski definition) is 0. The van der Waals surface area contributed by atoms with Crippen molar-refractivity contribution < 1.29 is 9.53 Å². The number of carbonyl (C=O) groups excluding carboxylic acids is 1. The zero-order valence-electron chi connectivity index (χ0n) is 11.3. The lowest BCUT2D eigenvalue weighted by atomic mass is 10.3. The lowest BCUT2D eigenvalue weighted by Crippen LogP contribution is -2.48. The molecule has 1 aromatic carbocycles. The van der Waals surface area contributed by atoms with Crippen molar-refractivity contribution in [2.45, 2.75) is 24.6 Å². The van der Waals surface area contributed by atoms with Crippen LogP contribution in [0.1, 0.15) is 0 Å². The smallest absolute Gasteiger partial charge is 0.243 e. The Balaban J connectivity index is 2.96. The zero-order chi connectivity index (χ0) is 13.8. The van der Waals surface area contributed by atoms with Gasteiger partial charge >= 0.3 is 0 Å². The van der Waals surface area contributed by atoms with Crippen molar-refractivity contribution >= 4 is 31.3 Å². The number of amides is 1. The first-order chi connectivity index (χ1) is 8.38. The monoisotopic (exact) mass is 285 g/mol. The lowest BCUT2D eigenvalue weighted by molar-refractivity contribution is -0.118. The summed E-state index contributed by atoms with van der Waals surface area (Å²) in [5.41, 5.74) is 0.813. The highest BCUT2D eigenvalue weighted by molar-refractivity contribution is 6.88. The summed E-state index contributed by atoms with van der Waals surface area (Å²) < 4.78 is 5.10. The molecule has 0 bridgehead atoms. The number of rotatable bonds is 5. The van der Waals surface area contributed by atoms with E-state index in [2.05, 4.69) is 19.6 Å². The van der Waals surface area contributed by atoms with Crippen molar-refractivity contribution in [1.29, 1.82) is 0 Å². The SMILES string of the molecule is COCN(C(=O)C(Cl)[Si](C)(C)C)c1ccccc1. The topological polar surface area (TPSA) is 29.5 Å². The molecule has 0 saturated heterocycles. The number of ether oxygens (including phenoxy) is 1. The van der Waals surface area contributed by atoms with E-state index < -0.39 is 13.1 Å². The van der Waals surface area contributed by atoms with Crippen LogP contribution in [-0.4, -0.2) is 32.8 Å². The minimum atomic E-state index is -1.73. The Labute approximate surface area is 115 Å².